The van der Waals surface area contributed by atoms with Crippen molar-refractivity contribution in [2.24, 2.45) is 5.73 Å². The highest BCUT2D eigenvalue weighted by molar-refractivity contribution is 7.99. The minimum Gasteiger partial charge on any atom is -0.480 e. The molecular formula is C12H27BCl2N2O4S. The van der Waals surface area contributed by atoms with Crippen LogP contribution in [0.2, 0.25) is 6.32 Å². The molecule has 6 nitrogen and oxygen atoms in total. The molecule has 1 unspecified atom stereocenters. The van der Waals surface area contributed by atoms with E-state index in [4.69, 9.17) is 15.8 Å². The SMILES string of the molecule is Cl.Cl.NC(CCCCB(O)O)(CCN1CCSCC1)C(=O)O. The van der Waals surface area contributed by atoms with Crippen molar-refractivity contribution in [2.75, 3.05) is 31.1 Å². The minimum absolute atomic E-state index is 0. The summed E-state index contributed by atoms with van der Waals surface area (Å²) in [7, 11) is -1.32. The van der Waals surface area contributed by atoms with Crippen LogP contribution in [0.15, 0.2) is 0 Å². The second-order valence-electron chi connectivity index (χ2n) is 5.39. The fourth-order valence-electron chi connectivity index (χ4n) is 2.29. The Hall–Kier alpha value is 0.305. The van der Waals surface area contributed by atoms with E-state index < -0.39 is 18.6 Å². The number of nitrogens with two attached hydrogens (primary N) is 1. The lowest BCUT2D eigenvalue weighted by Gasteiger charge is -2.31. The van der Waals surface area contributed by atoms with Crippen LogP contribution >= 0.6 is 36.6 Å². The number of aliphatic carboxylic acids is 1. The Morgan fingerprint density at radius 2 is 1.77 bits per heavy atom. The van der Waals surface area contributed by atoms with Crippen molar-refractivity contribution in [3.05, 3.63) is 0 Å². The second-order valence-corrected chi connectivity index (χ2v) is 6.62. The molecule has 1 aliphatic rings. The summed E-state index contributed by atoms with van der Waals surface area (Å²) >= 11 is 1.92. The van der Waals surface area contributed by atoms with Gasteiger partial charge in [0, 0.05) is 31.1 Å². The predicted molar refractivity (Wildman–Crippen MR) is 96.3 cm³/mol. The molecule has 0 amide bonds. The first-order chi connectivity index (χ1) is 9.44. The summed E-state index contributed by atoms with van der Waals surface area (Å²) in [5.74, 6) is 1.23. The molecule has 1 fully saturated rings. The van der Waals surface area contributed by atoms with Crippen molar-refractivity contribution in [1.29, 1.82) is 0 Å². The molecule has 0 aromatic heterocycles. The highest BCUT2D eigenvalue weighted by atomic mass is 35.5. The van der Waals surface area contributed by atoms with Crippen molar-refractivity contribution in [2.45, 2.75) is 37.5 Å². The average Bonchev–Trinajstić information content (AvgIpc) is 2.42. The van der Waals surface area contributed by atoms with E-state index in [9.17, 15) is 9.90 Å². The Morgan fingerprint density at radius 3 is 2.27 bits per heavy atom. The molecule has 0 aromatic rings. The van der Waals surface area contributed by atoms with Crippen LogP contribution in [0.1, 0.15) is 25.7 Å². The summed E-state index contributed by atoms with van der Waals surface area (Å²) in [5, 5.41) is 26.9. The van der Waals surface area contributed by atoms with Gasteiger partial charge in [0.1, 0.15) is 5.54 Å². The van der Waals surface area contributed by atoms with E-state index in [1.807, 2.05) is 11.8 Å². The largest absolute Gasteiger partial charge is 0.480 e. The van der Waals surface area contributed by atoms with Crippen molar-refractivity contribution in [3.8, 4) is 0 Å². The van der Waals surface area contributed by atoms with Crippen LogP contribution in [0.25, 0.3) is 0 Å². The summed E-state index contributed by atoms with van der Waals surface area (Å²) in [6, 6.07) is 0. The highest BCUT2D eigenvalue weighted by Gasteiger charge is 2.33. The Labute approximate surface area is 149 Å². The van der Waals surface area contributed by atoms with Gasteiger partial charge in [-0.2, -0.15) is 11.8 Å². The molecule has 0 saturated carbocycles. The molecule has 0 bridgehead atoms. The number of carboxylic acids is 1. The highest BCUT2D eigenvalue weighted by Crippen LogP contribution is 2.19. The topological polar surface area (TPSA) is 107 Å². The number of thioether (sulfide) groups is 1. The summed E-state index contributed by atoms with van der Waals surface area (Å²) < 4.78 is 0. The molecule has 0 aromatic carbocycles. The van der Waals surface area contributed by atoms with Gasteiger partial charge in [-0.15, -0.1) is 24.8 Å². The maximum atomic E-state index is 11.4. The first-order valence-electron chi connectivity index (χ1n) is 7.12. The third-order valence-electron chi connectivity index (χ3n) is 3.74. The molecule has 10 heteroatoms. The van der Waals surface area contributed by atoms with Gasteiger partial charge in [0.2, 0.25) is 0 Å². The Balaban J connectivity index is 0. The number of unbranched alkanes of at least 4 members (excludes halogenated alkanes) is 1. The van der Waals surface area contributed by atoms with Gasteiger partial charge in [0.15, 0.2) is 0 Å². The third kappa shape index (κ3) is 9.45. The van der Waals surface area contributed by atoms with Crippen molar-refractivity contribution in [1.82, 2.24) is 4.90 Å². The monoisotopic (exact) mass is 376 g/mol. The predicted octanol–water partition coefficient (Wildman–Crippen LogP) is 0.694. The number of rotatable bonds is 9. The molecular weight excluding hydrogens is 350 g/mol. The van der Waals surface area contributed by atoms with E-state index in [1.165, 1.54) is 0 Å². The first-order valence-corrected chi connectivity index (χ1v) is 8.28. The molecule has 132 valence electrons. The van der Waals surface area contributed by atoms with E-state index in [0.717, 1.165) is 24.6 Å². The van der Waals surface area contributed by atoms with E-state index in [2.05, 4.69) is 4.90 Å². The van der Waals surface area contributed by atoms with Crippen LogP contribution in [0.3, 0.4) is 0 Å². The number of nitrogens with zero attached hydrogens (tertiary/aromatic N) is 1. The first kappa shape index (κ1) is 24.6. The quantitative estimate of drug-likeness (QED) is 0.346. The van der Waals surface area contributed by atoms with E-state index >= 15 is 0 Å². The zero-order valence-corrected chi connectivity index (χ0v) is 15.1. The lowest BCUT2D eigenvalue weighted by Crippen LogP contribution is -2.50. The van der Waals surface area contributed by atoms with Crippen LogP contribution in [0, 0.1) is 0 Å². The van der Waals surface area contributed by atoms with E-state index in [0.29, 0.717) is 32.2 Å². The molecule has 0 spiro atoms. The van der Waals surface area contributed by atoms with Gasteiger partial charge in [-0.3, -0.25) is 4.79 Å². The van der Waals surface area contributed by atoms with Gasteiger partial charge in [-0.1, -0.05) is 12.8 Å². The maximum absolute atomic E-state index is 11.4. The van der Waals surface area contributed by atoms with Gasteiger partial charge in [0.25, 0.3) is 0 Å². The number of carbonyl (C=O) groups is 1. The van der Waals surface area contributed by atoms with E-state index in [1.54, 1.807) is 0 Å². The van der Waals surface area contributed by atoms with Crippen molar-refractivity contribution >= 4 is 49.7 Å². The molecule has 1 atom stereocenters. The smallest absolute Gasteiger partial charge is 0.451 e. The maximum Gasteiger partial charge on any atom is 0.451 e. The Bertz CT molecular complexity index is 313. The lowest BCUT2D eigenvalue weighted by atomic mass is 9.81. The zero-order valence-electron chi connectivity index (χ0n) is 12.6. The Morgan fingerprint density at radius 1 is 1.18 bits per heavy atom. The number of hydrogen-bond donors (Lipinski definition) is 4. The number of carboxylic acid groups (broad SMARTS) is 1. The molecule has 22 heavy (non-hydrogen) atoms. The normalized spacial score (nSPS) is 17.8. The number of halogens is 2. The van der Waals surface area contributed by atoms with Crippen LogP contribution in [0.4, 0.5) is 0 Å². The molecule has 0 radical (unpaired) electrons. The summed E-state index contributed by atoms with van der Waals surface area (Å²) in [6.45, 7) is 2.71. The second kappa shape index (κ2) is 12.7. The van der Waals surface area contributed by atoms with Crippen LogP contribution in [0.5, 0.6) is 0 Å². The standard InChI is InChI=1S/C12H25BN2O4S.2ClH/c14-12(11(16)17,3-1-2-5-13(18)19)4-6-15-7-9-20-10-8-15;;/h18-19H,1-10,14H2,(H,16,17);2*1H. The van der Waals surface area contributed by atoms with Gasteiger partial charge >= 0.3 is 13.1 Å². The summed E-state index contributed by atoms with van der Waals surface area (Å²) in [5.41, 5.74) is 4.82. The molecule has 1 rings (SSSR count). The minimum atomic E-state index is -1.32. The van der Waals surface area contributed by atoms with Crippen molar-refractivity contribution in [3.63, 3.8) is 0 Å². The van der Waals surface area contributed by atoms with Crippen LogP contribution < -0.4 is 5.73 Å². The van der Waals surface area contributed by atoms with Crippen LogP contribution in [-0.4, -0.2) is 69.8 Å². The van der Waals surface area contributed by atoms with Gasteiger partial charge in [0.05, 0.1) is 0 Å². The van der Waals surface area contributed by atoms with Crippen molar-refractivity contribution < 1.29 is 19.9 Å². The average molecular weight is 377 g/mol. The molecule has 0 aliphatic carbocycles. The zero-order chi connectivity index (χ0) is 15.0. The molecule has 5 N–H and O–H groups in total. The van der Waals surface area contributed by atoms with E-state index in [-0.39, 0.29) is 31.1 Å². The fourth-order valence-corrected chi connectivity index (χ4v) is 3.27. The Kier molecular flexibility index (Phi) is 14.2. The molecule has 1 saturated heterocycles. The lowest BCUT2D eigenvalue weighted by molar-refractivity contribution is -0.144. The number of hydrogen-bond acceptors (Lipinski definition) is 6. The third-order valence-corrected chi connectivity index (χ3v) is 4.68. The van der Waals surface area contributed by atoms with Gasteiger partial charge in [-0.05, 0) is 19.2 Å². The molecule has 1 aliphatic heterocycles. The van der Waals surface area contributed by atoms with Crippen LogP contribution in [-0.2, 0) is 4.79 Å². The van der Waals surface area contributed by atoms with Gasteiger partial charge < -0.3 is 25.8 Å². The van der Waals surface area contributed by atoms with Gasteiger partial charge in [-0.25, -0.2) is 0 Å². The molecule has 1 heterocycles. The summed E-state index contributed by atoms with van der Waals surface area (Å²) in [6.07, 6.45) is 2.24. The summed E-state index contributed by atoms with van der Waals surface area (Å²) in [4.78, 5) is 13.6. The fraction of sp³-hybridized carbons (Fsp3) is 0.917.